The minimum atomic E-state index is -1.50. The quantitative estimate of drug-likeness (QED) is 0.666. The summed E-state index contributed by atoms with van der Waals surface area (Å²) >= 11 is 0. The summed E-state index contributed by atoms with van der Waals surface area (Å²) in [6.45, 7) is 2.57. The molecule has 2 fully saturated rings. The average molecular weight is 332 g/mol. The summed E-state index contributed by atoms with van der Waals surface area (Å²) in [6.07, 6.45) is 4.98. The number of benzene rings is 1. The molecule has 1 heterocycles. The van der Waals surface area contributed by atoms with Crippen LogP contribution in [0.4, 0.5) is 0 Å². The Hall–Kier alpha value is -1.39. The van der Waals surface area contributed by atoms with Crippen LogP contribution in [-0.2, 0) is 15.1 Å². The summed E-state index contributed by atoms with van der Waals surface area (Å²) in [5, 5.41) is 11.3. The largest absolute Gasteiger partial charge is 0.463 e. The lowest BCUT2D eigenvalue weighted by Gasteiger charge is -2.32. The lowest BCUT2D eigenvalue weighted by molar-refractivity contribution is -0.879. The van der Waals surface area contributed by atoms with E-state index in [0.29, 0.717) is 18.1 Å². The molecule has 0 radical (unpaired) electrons. The molecule has 1 N–H and O–H groups in total. The second-order valence-corrected chi connectivity index (χ2v) is 8.21. The Morgan fingerprint density at radius 2 is 1.88 bits per heavy atom. The molecule has 2 unspecified atom stereocenters. The van der Waals surface area contributed by atoms with Gasteiger partial charge in [0.2, 0.25) is 0 Å². The number of nitrogens with zero attached hydrogens (tertiary/aromatic N) is 1. The number of aliphatic hydroxyl groups is 1. The van der Waals surface area contributed by atoms with Crippen LogP contribution in [0.3, 0.4) is 0 Å². The highest BCUT2D eigenvalue weighted by molar-refractivity contribution is 5.81. The van der Waals surface area contributed by atoms with Gasteiger partial charge >= 0.3 is 5.97 Å². The van der Waals surface area contributed by atoms with Crippen molar-refractivity contribution in [1.82, 2.24) is 0 Å². The Morgan fingerprint density at radius 3 is 2.46 bits per heavy atom. The lowest BCUT2D eigenvalue weighted by atomic mass is 9.80. The van der Waals surface area contributed by atoms with Crippen LogP contribution in [0.1, 0.15) is 37.7 Å². The van der Waals surface area contributed by atoms with Gasteiger partial charge in [0.25, 0.3) is 0 Å². The highest BCUT2D eigenvalue weighted by Gasteiger charge is 2.48. The summed E-state index contributed by atoms with van der Waals surface area (Å²) in [5.41, 5.74) is -0.828. The first-order chi connectivity index (χ1) is 11.4. The van der Waals surface area contributed by atoms with Gasteiger partial charge in [-0.3, -0.25) is 0 Å². The molecular weight excluding hydrogens is 302 g/mol. The molecule has 132 valence electrons. The molecule has 1 aliphatic carbocycles. The van der Waals surface area contributed by atoms with Gasteiger partial charge in [-0.25, -0.2) is 4.79 Å². The minimum absolute atomic E-state index is 0.0387. The molecule has 1 aromatic carbocycles. The highest BCUT2D eigenvalue weighted by Crippen LogP contribution is 2.41. The van der Waals surface area contributed by atoms with E-state index in [-0.39, 0.29) is 5.92 Å². The fourth-order valence-electron chi connectivity index (χ4n) is 4.41. The molecule has 2 atom stereocenters. The fourth-order valence-corrected chi connectivity index (χ4v) is 4.41. The Bertz CT molecular complexity index is 566. The molecular formula is C20H30NO3+. The molecule has 0 bridgehead atoms. The van der Waals surface area contributed by atoms with Gasteiger partial charge in [-0.1, -0.05) is 43.2 Å². The molecule has 2 aliphatic rings. The lowest BCUT2D eigenvalue weighted by Crippen LogP contribution is -2.44. The molecule has 1 aromatic rings. The van der Waals surface area contributed by atoms with Crippen molar-refractivity contribution in [3.8, 4) is 0 Å². The van der Waals surface area contributed by atoms with E-state index in [2.05, 4.69) is 14.1 Å². The standard InChI is InChI=1S/C20H30NO3/c1-21(2)13-12-16(14-21)15-24-19(22)20(23,18-10-6-7-11-18)17-8-4-3-5-9-17/h3-5,8-9,16,18,23H,6-7,10-15H2,1-2H3/q+1. The molecule has 1 saturated heterocycles. The summed E-state index contributed by atoms with van der Waals surface area (Å²) in [7, 11) is 4.42. The van der Waals surface area contributed by atoms with Crippen molar-refractivity contribution < 1.29 is 19.1 Å². The van der Waals surface area contributed by atoms with E-state index in [4.69, 9.17) is 4.74 Å². The molecule has 3 rings (SSSR count). The summed E-state index contributed by atoms with van der Waals surface area (Å²) < 4.78 is 6.63. The first-order valence-corrected chi connectivity index (χ1v) is 9.19. The number of rotatable bonds is 5. The third kappa shape index (κ3) is 3.50. The van der Waals surface area contributed by atoms with Crippen molar-refractivity contribution in [2.75, 3.05) is 33.8 Å². The monoisotopic (exact) mass is 332 g/mol. The number of carbonyl (C=O) groups is 1. The third-order valence-corrected chi connectivity index (χ3v) is 5.82. The van der Waals surface area contributed by atoms with Gasteiger partial charge in [0.05, 0.1) is 33.8 Å². The van der Waals surface area contributed by atoms with Gasteiger partial charge in [0, 0.05) is 18.3 Å². The minimum Gasteiger partial charge on any atom is -0.463 e. The van der Waals surface area contributed by atoms with Gasteiger partial charge in [-0.2, -0.15) is 0 Å². The van der Waals surface area contributed by atoms with Crippen LogP contribution >= 0.6 is 0 Å². The van der Waals surface area contributed by atoms with Crippen LogP contribution in [-0.4, -0.2) is 49.4 Å². The van der Waals surface area contributed by atoms with Crippen LogP contribution in [0.15, 0.2) is 30.3 Å². The molecule has 4 heteroatoms. The first-order valence-electron chi connectivity index (χ1n) is 9.19. The van der Waals surface area contributed by atoms with Crippen molar-refractivity contribution in [2.45, 2.75) is 37.7 Å². The Morgan fingerprint density at radius 1 is 1.21 bits per heavy atom. The zero-order chi connectivity index (χ0) is 17.2. The van der Waals surface area contributed by atoms with Crippen molar-refractivity contribution in [3.05, 3.63) is 35.9 Å². The van der Waals surface area contributed by atoms with Gasteiger partial charge in [0.15, 0.2) is 5.60 Å². The third-order valence-electron chi connectivity index (χ3n) is 5.82. The van der Waals surface area contributed by atoms with Crippen molar-refractivity contribution in [2.24, 2.45) is 11.8 Å². The number of quaternary nitrogens is 1. The van der Waals surface area contributed by atoms with Gasteiger partial charge in [0.1, 0.15) is 0 Å². The Balaban J connectivity index is 1.72. The zero-order valence-corrected chi connectivity index (χ0v) is 14.9. The maximum atomic E-state index is 12.9. The van der Waals surface area contributed by atoms with Gasteiger partial charge < -0.3 is 14.3 Å². The van der Waals surface area contributed by atoms with E-state index in [1.54, 1.807) is 0 Å². The predicted octanol–water partition coefficient (Wildman–Crippen LogP) is 2.70. The van der Waals surface area contributed by atoms with E-state index in [1.807, 2.05) is 30.3 Å². The van der Waals surface area contributed by atoms with Crippen molar-refractivity contribution >= 4 is 5.97 Å². The van der Waals surface area contributed by atoms with Crippen molar-refractivity contribution in [1.29, 1.82) is 0 Å². The number of hydrogen-bond donors (Lipinski definition) is 1. The summed E-state index contributed by atoms with van der Waals surface area (Å²) in [4.78, 5) is 12.9. The van der Waals surface area contributed by atoms with Crippen LogP contribution in [0.5, 0.6) is 0 Å². The molecule has 0 spiro atoms. The van der Waals surface area contributed by atoms with E-state index in [1.165, 1.54) is 0 Å². The molecule has 1 aliphatic heterocycles. The van der Waals surface area contributed by atoms with Crippen LogP contribution in [0, 0.1) is 11.8 Å². The molecule has 24 heavy (non-hydrogen) atoms. The molecule has 0 aromatic heterocycles. The second kappa shape index (κ2) is 6.85. The summed E-state index contributed by atoms with van der Waals surface area (Å²) in [6, 6.07) is 9.34. The molecule has 1 saturated carbocycles. The maximum Gasteiger partial charge on any atom is 0.343 e. The SMILES string of the molecule is C[N+]1(C)CCC(COC(=O)C(O)(c2ccccc2)C2CCCC2)C1. The highest BCUT2D eigenvalue weighted by atomic mass is 16.5. The smallest absolute Gasteiger partial charge is 0.343 e. The maximum absolute atomic E-state index is 12.9. The second-order valence-electron chi connectivity index (χ2n) is 8.21. The van der Waals surface area contributed by atoms with E-state index in [9.17, 15) is 9.90 Å². The number of likely N-dealkylation sites (tertiary alicyclic amines) is 1. The van der Waals surface area contributed by atoms with Crippen LogP contribution < -0.4 is 0 Å². The Labute approximate surface area is 145 Å². The predicted molar refractivity (Wildman–Crippen MR) is 93.2 cm³/mol. The number of hydrogen-bond acceptors (Lipinski definition) is 3. The van der Waals surface area contributed by atoms with Crippen molar-refractivity contribution in [3.63, 3.8) is 0 Å². The molecule has 0 amide bonds. The Kier molecular flexibility index (Phi) is 4.97. The fraction of sp³-hybridized carbons (Fsp3) is 0.650. The van der Waals surface area contributed by atoms with Crippen LogP contribution in [0.2, 0.25) is 0 Å². The van der Waals surface area contributed by atoms with E-state index in [0.717, 1.165) is 49.7 Å². The van der Waals surface area contributed by atoms with E-state index < -0.39 is 11.6 Å². The van der Waals surface area contributed by atoms with Gasteiger partial charge in [-0.05, 0) is 18.4 Å². The first kappa shape index (κ1) is 17.4. The number of ether oxygens (including phenoxy) is 1. The summed E-state index contributed by atoms with van der Waals surface area (Å²) in [5.74, 6) is -0.103. The number of carbonyl (C=O) groups excluding carboxylic acids is 1. The van der Waals surface area contributed by atoms with Crippen LogP contribution in [0.25, 0.3) is 0 Å². The number of esters is 1. The normalized spacial score (nSPS) is 26.2. The average Bonchev–Trinajstić information content (AvgIpc) is 3.22. The molecule has 4 nitrogen and oxygen atoms in total. The van der Waals surface area contributed by atoms with E-state index >= 15 is 0 Å². The zero-order valence-electron chi connectivity index (χ0n) is 14.9. The van der Waals surface area contributed by atoms with Gasteiger partial charge in [-0.15, -0.1) is 0 Å². The topological polar surface area (TPSA) is 46.5 Å².